The Balaban J connectivity index is 1.86. The number of aromatic nitrogens is 4. The number of rotatable bonds is 6. The van der Waals surface area contributed by atoms with Gasteiger partial charge in [-0.25, -0.2) is 0 Å². The first kappa shape index (κ1) is 18.6. The van der Waals surface area contributed by atoms with E-state index in [1.165, 1.54) is 4.80 Å². The number of tetrazole rings is 1. The summed E-state index contributed by atoms with van der Waals surface area (Å²) >= 11 is 0. The summed E-state index contributed by atoms with van der Waals surface area (Å²) in [4.78, 5) is 14.3. The van der Waals surface area contributed by atoms with E-state index in [1.807, 2.05) is 69.3 Å². The number of nitrogens with zero attached hydrogens (tertiary/aromatic N) is 4. The molecule has 1 unspecified atom stereocenters. The maximum atomic E-state index is 13.0. The quantitative estimate of drug-likeness (QED) is 0.723. The lowest BCUT2D eigenvalue weighted by atomic mass is 10.0. The van der Waals surface area contributed by atoms with Crippen molar-refractivity contribution in [2.45, 2.75) is 26.8 Å². The zero-order valence-corrected chi connectivity index (χ0v) is 15.9. The van der Waals surface area contributed by atoms with E-state index in [1.54, 1.807) is 7.11 Å². The second-order valence-corrected chi connectivity index (χ2v) is 6.68. The lowest BCUT2D eigenvalue weighted by Crippen LogP contribution is -2.31. The maximum Gasteiger partial charge on any atom is 0.251 e. The van der Waals surface area contributed by atoms with E-state index < -0.39 is 6.04 Å². The van der Waals surface area contributed by atoms with Crippen molar-refractivity contribution in [1.82, 2.24) is 20.2 Å². The number of methoxy groups -OCH3 is 1. The largest absolute Gasteiger partial charge is 0.495 e. The summed E-state index contributed by atoms with van der Waals surface area (Å²) in [5.74, 6) is 0.854. The van der Waals surface area contributed by atoms with Gasteiger partial charge in [0, 0.05) is 5.56 Å². The first-order valence-corrected chi connectivity index (χ1v) is 8.80. The zero-order valence-electron chi connectivity index (χ0n) is 15.9. The van der Waals surface area contributed by atoms with Gasteiger partial charge in [0.25, 0.3) is 5.91 Å². The van der Waals surface area contributed by atoms with E-state index in [-0.39, 0.29) is 11.8 Å². The van der Waals surface area contributed by atoms with Crippen molar-refractivity contribution in [1.29, 1.82) is 0 Å². The molecule has 0 saturated carbocycles. The molecule has 1 atom stereocenters. The fourth-order valence-corrected chi connectivity index (χ4v) is 2.83. The molecule has 3 rings (SSSR count). The van der Waals surface area contributed by atoms with Crippen molar-refractivity contribution < 1.29 is 9.53 Å². The standard InChI is InChI=1S/C20H23N5O2/c1-13(2)18(20(26)21-16-11-10-14(3)12-17(16)27-4)25-23-19(22-24-25)15-8-6-5-7-9-15/h5-13,18H,1-4H3,(H,21,26). The second-order valence-electron chi connectivity index (χ2n) is 6.68. The van der Waals surface area contributed by atoms with Crippen molar-refractivity contribution in [3.63, 3.8) is 0 Å². The van der Waals surface area contributed by atoms with Gasteiger partial charge in [-0.05, 0) is 35.8 Å². The average Bonchev–Trinajstić information content (AvgIpc) is 3.13. The molecule has 0 spiro atoms. The third kappa shape index (κ3) is 4.13. The lowest BCUT2D eigenvalue weighted by Gasteiger charge is -2.19. The number of carbonyl (C=O) groups excluding carboxylic acids is 1. The molecule has 7 nitrogen and oxygen atoms in total. The van der Waals surface area contributed by atoms with Gasteiger partial charge in [0.1, 0.15) is 5.75 Å². The van der Waals surface area contributed by atoms with Crippen LogP contribution in [-0.2, 0) is 4.79 Å². The number of amides is 1. The van der Waals surface area contributed by atoms with E-state index >= 15 is 0 Å². The Morgan fingerprint density at radius 1 is 1.15 bits per heavy atom. The second kappa shape index (κ2) is 7.99. The van der Waals surface area contributed by atoms with E-state index in [9.17, 15) is 4.79 Å². The Hall–Kier alpha value is -3.22. The zero-order chi connectivity index (χ0) is 19.4. The molecule has 2 aromatic carbocycles. The highest BCUT2D eigenvalue weighted by molar-refractivity contribution is 5.95. The van der Waals surface area contributed by atoms with Crippen LogP contribution >= 0.6 is 0 Å². The number of anilines is 1. The number of aryl methyl sites for hydroxylation is 1. The third-order valence-electron chi connectivity index (χ3n) is 4.22. The Morgan fingerprint density at radius 2 is 1.89 bits per heavy atom. The van der Waals surface area contributed by atoms with Crippen LogP contribution in [0.3, 0.4) is 0 Å². The molecule has 1 heterocycles. The number of hydrogen-bond donors (Lipinski definition) is 1. The molecular weight excluding hydrogens is 342 g/mol. The van der Waals surface area contributed by atoms with Crippen molar-refractivity contribution in [3.8, 4) is 17.1 Å². The molecule has 0 aliphatic heterocycles. The Labute approximate surface area is 158 Å². The summed E-state index contributed by atoms with van der Waals surface area (Å²) in [5, 5.41) is 15.6. The van der Waals surface area contributed by atoms with Gasteiger partial charge in [-0.15, -0.1) is 10.2 Å². The van der Waals surface area contributed by atoms with Crippen molar-refractivity contribution in [2.24, 2.45) is 5.92 Å². The summed E-state index contributed by atoms with van der Waals surface area (Å²) in [6.45, 7) is 5.86. The summed E-state index contributed by atoms with van der Waals surface area (Å²) in [5.41, 5.74) is 2.52. The monoisotopic (exact) mass is 365 g/mol. The van der Waals surface area contributed by atoms with E-state index in [0.29, 0.717) is 17.3 Å². The first-order chi connectivity index (χ1) is 13.0. The highest BCUT2D eigenvalue weighted by Crippen LogP contribution is 2.27. The molecule has 0 aliphatic rings. The summed E-state index contributed by atoms with van der Waals surface area (Å²) < 4.78 is 5.37. The van der Waals surface area contributed by atoms with E-state index in [4.69, 9.17) is 4.74 Å². The Bertz CT molecular complexity index is 921. The highest BCUT2D eigenvalue weighted by Gasteiger charge is 2.28. The van der Waals surface area contributed by atoms with Crippen LogP contribution < -0.4 is 10.1 Å². The fraction of sp³-hybridized carbons (Fsp3) is 0.300. The van der Waals surface area contributed by atoms with E-state index in [2.05, 4.69) is 20.7 Å². The van der Waals surface area contributed by atoms with Crippen molar-refractivity contribution in [2.75, 3.05) is 12.4 Å². The smallest absolute Gasteiger partial charge is 0.251 e. The minimum atomic E-state index is -0.596. The van der Waals surface area contributed by atoms with Gasteiger partial charge in [-0.1, -0.05) is 50.2 Å². The minimum Gasteiger partial charge on any atom is -0.495 e. The molecule has 0 bridgehead atoms. The summed E-state index contributed by atoms with van der Waals surface area (Å²) in [6, 6.07) is 14.6. The number of ether oxygens (including phenoxy) is 1. The molecule has 0 aliphatic carbocycles. The van der Waals surface area contributed by atoms with Gasteiger partial charge in [-0.3, -0.25) is 4.79 Å². The minimum absolute atomic E-state index is 0.0285. The SMILES string of the molecule is COc1cc(C)ccc1NC(=O)C(C(C)C)n1nnc(-c2ccccc2)n1. The average molecular weight is 365 g/mol. The van der Waals surface area contributed by atoms with Crippen molar-refractivity contribution in [3.05, 3.63) is 54.1 Å². The molecule has 7 heteroatoms. The van der Waals surface area contributed by atoms with Crippen LogP contribution in [0.2, 0.25) is 0 Å². The Kier molecular flexibility index (Phi) is 5.49. The van der Waals surface area contributed by atoms with Gasteiger partial charge in [0.05, 0.1) is 12.8 Å². The van der Waals surface area contributed by atoms with E-state index in [0.717, 1.165) is 11.1 Å². The molecule has 1 aromatic heterocycles. The van der Waals surface area contributed by atoms with Crippen LogP contribution in [0, 0.1) is 12.8 Å². The molecule has 1 amide bonds. The molecule has 140 valence electrons. The third-order valence-corrected chi connectivity index (χ3v) is 4.22. The molecule has 1 N–H and O–H groups in total. The molecule has 3 aromatic rings. The maximum absolute atomic E-state index is 13.0. The molecule has 0 radical (unpaired) electrons. The fourth-order valence-electron chi connectivity index (χ4n) is 2.83. The predicted octanol–water partition coefficient (Wildman–Crippen LogP) is 3.49. The van der Waals surface area contributed by atoms with Crippen LogP contribution in [-0.4, -0.2) is 33.2 Å². The van der Waals surface area contributed by atoms with Crippen LogP contribution in [0.15, 0.2) is 48.5 Å². The van der Waals surface area contributed by atoms with Gasteiger partial charge in [0.15, 0.2) is 6.04 Å². The van der Waals surface area contributed by atoms with Gasteiger partial charge >= 0.3 is 0 Å². The number of carbonyl (C=O) groups is 1. The van der Waals surface area contributed by atoms with Crippen LogP contribution in [0.4, 0.5) is 5.69 Å². The van der Waals surface area contributed by atoms with Gasteiger partial charge in [0.2, 0.25) is 5.82 Å². The normalized spacial score (nSPS) is 12.0. The van der Waals surface area contributed by atoms with Crippen LogP contribution in [0.5, 0.6) is 5.75 Å². The van der Waals surface area contributed by atoms with Gasteiger partial charge < -0.3 is 10.1 Å². The topological polar surface area (TPSA) is 81.9 Å². The Morgan fingerprint density at radius 3 is 2.56 bits per heavy atom. The summed E-state index contributed by atoms with van der Waals surface area (Å²) in [6.07, 6.45) is 0. The van der Waals surface area contributed by atoms with Crippen molar-refractivity contribution >= 4 is 11.6 Å². The number of nitrogens with one attached hydrogen (secondary N) is 1. The number of benzene rings is 2. The van der Waals surface area contributed by atoms with Gasteiger partial charge in [-0.2, -0.15) is 4.80 Å². The number of hydrogen-bond acceptors (Lipinski definition) is 5. The van der Waals surface area contributed by atoms with Crippen LogP contribution in [0.25, 0.3) is 11.4 Å². The molecule has 0 fully saturated rings. The predicted molar refractivity (Wildman–Crippen MR) is 103 cm³/mol. The molecule has 0 saturated heterocycles. The molecular formula is C20H23N5O2. The lowest BCUT2D eigenvalue weighted by molar-refractivity contribution is -0.121. The summed E-state index contributed by atoms with van der Waals surface area (Å²) in [7, 11) is 1.58. The van der Waals surface area contributed by atoms with Crippen LogP contribution in [0.1, 0.15) is 25.5 Å². The first-order valence-electron chi connectivity index (χ1n) is 8.80. The molecule has 27 heavy (non-hydrogen) atoms. The highest BCUT2D eigenvalue weighted by atomic mass is 16.5.